The van der Waals surface area contributed by atoms with Crippen molar-refractivity contribution in [2.45, 2.75) is 20.3 Å². The lowest BCUT2D eigenvalue weighted by atomic mass is 10.0. The van der Waals surface area contributed by atoms with Crippen LogP contribution in [-0.2, 0) is 6.42 Å². The van der Waals surface area contributed by atoms with Crippen LogP contribution in [0.25, 0.3) is 0 Å². The molecule has 0 aliphatic carbocycles. The second kappa shape index (κ2) is 3.77. The number of halogens is 1. The molecule has 0 amide bonds. The van der Waals surface area contributed by atoms with Crippen LogP contribution in [0.4, 0.5) is 0 Å². The van der Waals surface area contributed by atoms with Crippen molar-refractivity contribution in [1.82, 2.24) is 0 Å². The molecule has 0 aromatic heterocycles. The highest BCUT2D eigenvalue weighted by atomic mass is 35.5. The van der Waals surface area contributed by atoms with Crippen LogP contribution in [-0.4, -0.2) is 0 Å². The summed E-state index contributed by atoms with van der Waals surface area (Å²) in [6.07, 6.45) is 0.880. The first-order valence-electron chi connectivity index (χ1n) is 3.99. The van der Waals surface area contributed by atoms with E-state index in [1.807, 2.05) is 19.1 Å². The summed E-state index contributed by atoms with van der Waals surface area (Å²) < 4.78 is 0. The van der Waals surface area contributed by atoms with Gasteiger partial charge in [-0.1, -0.05) is 35.9 Å². The van der Waals surface area contributed by atoms with E-state index in [1.54, 1.807) is 0 Å². The van der Waals surface area contributed by atoms with Gasteiger partial charge in [-0.15, -0.1) is 0 Å². The highest BCUT2D eigenvalue weighted by Crippen LogP contribution is 2.21. The smallest absolute Gasteiger partial charge is 0.0443 e. The van der Waals surface area contributed by atoms with E-state index >= 15 is 0 Å². The molecule has 0 radical (unpaired) electrons. The molecule has 0 heterocycles. The van der Waals surface area contributed by atoms with Gasteiger partial charge in [-0.2, -0.15) is 0 Å². The van der Waals surface area contributed by atoms with Crippen molar-refractivity contribution in [2.75, 3.05) is 0 Å². The summed E-state index contributed by atoms with van der Waals surface area (Å²) in [5.74, 6) is 0. The minimum Gasteiger partial charge on any atom is -0.0998 e. The summed E-state index contributed by atoms with van der Waals surface area (Å²) in [4.78, 5) is 0. The summed E-state index contributed by atoms with van der Waals surface area (Å²) in [5.41, 5.74) is 3.59. The maximum atomic E-state index is 6.03. The minimum atomic E-state index is 0.845. The Hall–Kier alpha value is -0.750. The second-order valence-electron chi connectivity index (χ2n) is 3.17. The van der Waals surface area contributed by atoms with Gasteiger partial charge in [-0.25, -0.2) is 0 Å². The van der Waals surface area contributed by atoms with Gasteiger partial charge in [0.25, 0.3) is 0 Å². The third-order valence-corrected chi connectivity index (χ3v) is 2.19. The normalized spacial score (nSPS) is 9.92. The SMILES string of the molecule is C=C(C)Cc1c(C)cccc1Cl. The van der Waals surface area contributed by atoms with E-state index in [1.165, 1.54) is 11.1 Å². The Balaban J connectivity index is 3.04. The molecule has 0 atom stereocenters. The molecule has 0 unspecified atom stereocenters. The maximum absolute atomic E-state index is 6.03. The number of aryl methyl sites for hydroxylation is 1. The van der Waals surface area contributed by atoms with Crippen LogP contribution in [0, 0.1) is 6.92 Å². The van der Waals surface area contributed by atoms with Crippen molar-refractivity contribution in [3.05, 3.63) is 46.5 Å². The molecule has 0 saturated heterocycles. The van der Waals surface area contributed by atoms with Crippen molar-refractivity contribution in [3.63, 3.8) is 0 Å². The lowest BCUT2D eigenvalue weighted by Crippen LogP contribution is -1.91. The van der Waals surface area contributed by atoms with Crippen molar-refractivity contribution in [2.24, 2.45) is 0 Å². The van der Waals surface area contributed by atoms with E-state index in [2.05, 4.69) is 19.6 Å². The third kappa shape index (κ3) is 2.12. The first-order valence-corrected chi connectivity index (χ1v) is 4.37. The van der Waals surface area contributed by atoms with Crippen LogP contribution in [0.1, 0.15) is 18.1 Å². The molecule has 1 aromatic rings. The Bertz CT molecular complexity index is 280. The zero-order chi connectivity index (χ0) is 9.14. The molecule has 64 valence electrons. The first-order chi connectivity index (χ1) is 5.61. The fourth-order valence-electron chi connectivity index (χ4n) is 1.19. The van der Waals surface area contributed by atoms with Crippen LogP contribution >= 0.6 is 11.6 Å². The first kappa shape index (κ1) is 9.34. The molecule has 12 heavy (non-hydrogen) atoms. The molecule has 1 aromatic carbocycles. The summed E-state index contributed by atoms with van der Waals surface area (Å²) >= 11 is 6.03. The fourth-order valence-corrected chi connectivity index (χ4v) is 1.48. The summed E-state index contributed by atoms with van der Waals surface area (Å²) in [6, 6.07) is 5.97. The molecular formula is C11H13Cl. The Morgan fingerprint density at radius 3 is 2.67 bits per heavy atom. The molecule has 0 saturated carbocycles. The van der Waals surface area contributed by atoms with E-state index < -0.39 is 0 Å². The maximum Gasteiger partial charge on any atom is 0.0443 e. The van der Waals surface area contributed by atoms with Gasteiger partial charge in [0.2, 0.25) is 0 Å². The van der Waals surface area contributed by atoms with Crippen LogP contribution in [0.2, 0.25) is 5.02 Å². The predicted octanol–water partition coefficient (Wildman–Crippen LogP) is 3.77. The average Bonchev–Trinajstić information content (AvgIpc) is 1.97. The lowest BCUT2D eigenvalue weighted by Gasteiger charge is -2.06. The van der Waals surface area contributed by atoms with Gasteiger partial charge in [-0.3, -0.25) is 0 Å². The molecule has 0 aliphatic rings. The van der Waals surface area contributed by atoms with Gasteiger partial charge in [0.15, 0.2) is 0 Å². The number of benzene rings is 1. The summed E-state index contributed by atoms with van der Waals surface area (Å²) in [6.45, 7) is 7.96. The zero-order valence-electron chi connectivity index (χ0n) is 7.52. The Kier molecular flexibility index (Phi) is 2.93. The van der Waals surface area contributed by atoms with E-state index in [0.717, 1.165) is 17.0 Å². The zero-order valence-corrected chi connectivity index (χ0v) is 8.28. The molecule has 1 rings (SSSR count). The van der Waals surface area contributed by atoms with Gasteiger partial charge in [0.1, 0.15) is 0 Å². The number of hydrogen-bond donors (Lipinski definition) is 0. The molecular weight excluding hydrogens is 168 g/mol. The Morgan fingerprint density at radius 1 is 1.50 bits per heavy atom. The minimum absolute atomic E-state index is 0.845. The van der Waals surface area contributed by atoms with Crippen molar-refractivity contribution >= 4 is 11.6 Å². The van der Waals surface area contributed by atoms with Gasteiger partial charge >= 0.3 is 0 Å². The molecule has 0 bridgehead atoms. The number of hydrogen-bond acceptors (Lipinski definition) is 0. The van der Waals surface area contributed by atoms with E-state index in [4.69, 9.17) is 11.6 Å². The summed E-state index contributed by atoms with van der Waals surface area (Å²) in [5, 5.41) is 0.845. The molecule has 1 heteroatoms. The Morgan fingerprint density at radius 2 is 2.17 bits per heavy atom. The molecule has 0 N–H and O–H groups in total. The predicted molar refractivity (Wildman–Crippen MR) is 54.7 cm³/mol. The standard InChI is InChI=1S/C11H13Cl/c1-8(2)7-10-9(3)5-4-6-11(10)12/h4-6H,1,7H2,2-3H3. The monoisotopic (exact) mass is 180 g/mol. The van der Waals surface area contributed by atoms with E-state index in [0.29, 0.717) is 0 Å². The molecule has 0 fully saturated rings. The van der Waals surface area contributed by atoms with Gasteiger partial charge < -0.3 is 0 Å². The average molecular weight is 181 g/mol. The van der Waals surface area contributed by atoms with Crippen molar-refractivity contribution < 1.29 is 0 Å². The van der Waals surface area contributed by atoms with Crippen molar-refractivity contribution in [1.29, 1.82) is 0 Å². The number of rotatable bonds is 2. The van der Waals surface area contributed by atoms with Gasteiger partial charge in [0, 0.05) is 5.02 Å². The highest BCUT2D eigenvalue weighted by molar-refractivity contribution is 6.31. The van der Waals surface area contributed by atoms with Crippen molar-refractivity contribution in [3.8, 4) is 0 Å². The van der Waals surface area contributed by atoms with Crippen LogP contribution in [0.15, 0.2) is 30.4 Å². The van der Waals surface area contributed by atoms with Gasteiger partial charge in [0.05, 0.1) is 0 Å². The van der Waals surface area contributed by atoms with Crippen LogP contribution in [0.5, 0.6) is 0 Å². The van der Waals surface area contributed by atoms with Crippen LogP contribution < -0.4 is 0 Å². The fraction of sp³-hybridized carbons (Fsp3) is 0.273. The molecule has 0 spiro atoms. The van der Waals surface area contributed by atoms with E-state index in [9.17, 15) is 0 Å². The molecule has 0 aliphatic heterocycles. The lowest BCUT2D eigenvalue weighted by molar-refractivity contribution is 1.13. The number of allylic oxidation sites excluding steroid dienone is 1. The summed E-state index contributed by atoms with van der Waals surface area (Å²) in [7, 11) is 0. The highest BCUT2D eigenvalue weighted by Gasteiger charge is 2.02. The van der Waals surface area contributed by atoms with Crippen LogP contribution in [0.3, 0.4) is 0 Å². The van der Waals surface area contributed by atoms with E-state index in [-0.39, 0.29) is 0 Å². The second-order valence-corrected chi connectivity index (χ2v) is 3.58. The molecule has 0 nitrogen and oxygen atoms in total. The topological polar surface area (TPSA) is 0 Å². The van der Waals surface area contributed by atoms with Gasteiger partial charge in [-0.05, 0) is 37.5 Å². The third-order valence-electron chi connectivity index (χ3n) is 1.83. The Labute approximate surface area is 78.9 Å². The quantitative estimate of drug-likeness (QED) is 0.608. The largest absolute Gasteiger partial charge is 0.0998 e.